The maximum Gasteiger partial charge on any atom is 0.251 e. The van der Waals surface area contributed by atoms with Gasteiger partial charge in [0, 0.05) is 35.6 Å². The summed E-state index contributed by atoms with van der Waals surface area (Å²) in [6.07, 6.45) is 6.89. The highest BCUT2D eigenvalue weighted by atomic mass is 32.1. The number of carbonyl (C=O) groups is 1. The Labute approximate surface area is 141 Å². The molecule has 5 heteroatoms. The van der Waals surface area contributed by atoms with E-state index in [0.717, 1.165) is 25.4 Å². The first kappa shape index (κ1) is 16.1. The van der Waals surface area contributed by atoms with Crippen molar-refractivity contribution in [1.82, 2.24) is 15.6 Å². The van der Waals surface area contributed by atoms with Crippen LogP contribution in [0.15, 0.2) is 36.5 Å². The number of amides is 1. The number of nitrogens with zero attached hydrogens (tertiary/aromatic N) is 1. The second-order valence-electron chi connectivity index (χ2n) is 5.94. The van der Waals surface area contributed by atoms with Crippen LogP contribution < -0.4 is 10.6 Å². The lowest BCUT2D eigenvalue weighted by molar-refractivity contribution is 0.0953. The van der Waals surface area contributed by atoms with Gasteiger partial charge >= 0.3 is 0 Å². The van der Waals surface area contributed by atoms with Gasteiger partial charge in [0.15, 0.2) is 0 Å². The molecule has 1 aliphatic carbocycles. The highest BCUT2D eigenvalue weighted by Gasteiger charge is 2.22. The Kier molecular flexibility index (Phi) is 5.77. The van der Waals surface area contributed by atoms with Gasteiger partial charge in [0.2, 0.25) is 0 Å². The molecule has 0 unspecified atom stereocenters. The van der Waals surface area contributed by atoms with Crippen LogP contribution in [-0.4, -0.2) is 24.0 Å². The Balaban J connectivity index is 1.28. The van der Waals surface area contributed by atoms with Crippen molar-refractivity contribution in [3.63, 3.8) is 0 Å². The van der Waals surface area contributed by atoms with Crippen molar-refractivity contribution in [2.75, 3.05) is 13.1 Å². The van der Waals surface area contributed by atoms with E-state index in [2.05, 4.69) is 15.6 Å². The first-order valence-electron chi connectivity index (χ1n) is 8.31. The van der Waals surface area contributed by atoms with E-state index in [-0.39, 0.29) is 5.91 Å². The molecular formula is C18H23N3OS. The largest absolute Gasteiger partial charge is 0.352 e. The van der Waals surface area contributed by atoms with Gasteiger partial charge in [-0.2, -0.15) is 0 Å². The molecule has 1 aromatic carbocycles. The van der Waals surface area contributed by atoms with Gasteiger partial charge in [-0.3, -0.25) is 4.79 Å². The lowest BCUT2D eigenvalue weighted by Gasteiger charge is -2.22. The summed E-state index contributed by atoms with van der Waals surface area (Å²) in [5, 5.41) is 7.67. The van der Waals surface area contributed by atoms with E-state index >= 15 is 0 Å². The van der Waals surface area contributed by atoms with Gasteiger partial charge in [0.1, 0.15) is 0 Å². The van der Waals surface area contributed by atoms with Gasteiger partial charge in [0.25, 0.3) is 5.91 Å². The highest BCUT2D eigenvalue weighted by Crippen LogP contribution is 2.38. The van der Waals surface area contributed by atoms with Crippen molar-refractivity contribution < 1.29 is 4.79 Å². The Morgan fingerprint density at radius 2 is 2.04 bits per heavy atom. The fourth-order valence-corrected chi connectivity index (χ4v) is 3.62. The maximum absolute atomic E-state index is 11.9. The predicted molar refractivity (Wildman–Crippen MR) is 93.8 cm³/mol. The average molecular weight is 329 g/mol. The molecule has 4 nitrogen and oxygen atoms in total. The molecule has 0 saturated heterocycles. The van der Waals surface area contributed by atoms with Crippen LogP contribution in [0.25, 0.3) is 0 Å². The Hall–Kier alpha value is -1.72. The molecule has 1 fully saturated rings. The third-order valence-corrected chi connectivity index (χ3v) is 5.34. The number of rotatable bonds is 8. The molecule has 122 valence electrons. The fraction of sp³-hybridized carbons (Fsp3) is 0.444. The molecule has 23 heavy (non-hydrogen) atoms. The van der Waals surface area contributed by atoms with Crippen molar-refractivity contribution in [2.45, 2.75) is 38.1 Å². The Morgan fingerprint density at radius 3 is 2.78 bits per heavy atom. The third-order valence-electron chi connectivity index (χ3n) is 4.18. The minimum Gasteiger partial charge on any atom is -0.352 e. The summed E-state index contributed by atoms with van der Waals surface area (Å²) in [5.41, 5.74) is 0.716. The smallest absolute Gasteiger partial charge is 0.251 e. The lowest BCUT2D eigenvalue weighted by Crippen LogP contribution is -2.27. The first-order valence-corrected chi connectivity index (χ1v) is 9.13. The molecule has 1 aromatic heterocycles. The monoisotopic (exact) mass is 329 g/mol. The summed E-state index contributed by atoms with van der Waals surface area (Å²) in [7, 11) is 0. The maximum atomic E-state index is 11.9. The number of aromatic nitrogens is 1. The number of thiazole rings is 1. The van der Waals surface area contributed by atoms with Crippen LogP contribution in [0.2, 0.25) is 0 Å². The molecule has 2 aromatic rings. The number of hydrogen-bond acceptors (Lipinski definition) is 4. The molecule has 0 bridgehead atoms. The lowest BCUT2D eigenvalue weighted by atomic mass is 9.86. The molecule has 2 N–H and O–H groups in total. The minimum atomic E-state index is -0.00167. The summed E-state index contributed by atoms with van der Waals surface area (Å²) in [4.78, 5) is 17.7. The molecule has 1 saturated carbocycles. The molecule has 0 spiro atoms. The van der Waals surface area contributed by atoms with Crippen LogP contribution in [0.4, 0.5) is 0 Å². The number of nitrogens with one attached hydrogen (secondary N) is 2. The molecule has 1 amide bonds. The van der Waals surface area contributed by atoms with Gasteiger partial charge in [0.05, 0.1) is 5.01 Å². The van der Waals surface area contributed by atoms with E-state index < -0.39 is 0 Å². The van der Waals surface area contributed by atoms with Gasteiger partial charge in [-0.05, 0) is 37.9 Å². The van der Waals surface area contributed by atoms with E-state index in [1.807, 2.05) is 47.9 Å². The summed E-state index contributed by atoms with van der Waals surface area (Å²) in [5.74, 6) is 0.722. The van der Waals surface area contributed by atoms with Crippen molar-refractivity contribution >= 4 is 17.2 Å². The minimum absolute atomic E-state index is 0.00167. The quantitative estimate of drug-likeness (QED) is 0.731. The average Bonchev–Trinajstić information content (AvgIpc) is 2.98. The molecule has 1 aliphatic rings. The van der Waals surface area contributed by atoms with Gasteiger partial charge < -0.3 is 10.6 Å². The molecule has 3 rings (SSSR count). The van der Waals surface area contributed by atoms with E-state index in [4.69, 9.17) is 0 Å². The second kappa shape index (κ2) is 8.22. The van der Waals surface area contributed by atoms with Crippen LogP contribution in [0, 0.1) is 0 Å². The molecular weight excluding hydrogens is 306 g/mol. The second-order valence-corrected chi connectivity index (χ2v) is 7.09. The number of benzene rings is 1. The molecule has 0 atom stereocenters. The Bertz CT molecular complexity index is 622. The summed E-state index contributed by atoms with van der Waals surface area (Å²) < 4.78 is 0. The van der Waals surface area contributed by atoms with E-state index in [1.54, 1.807) is 0 Å². The van der Waals surface area contributed by atoms with E-state index in [9.17, 15) is 4.79 Å². The van der Waals surface area contributed by atoms with Gasteiger partial charge in [-0.1, -0.05) is 24.6 Å². The third kappa shape index (κ3) is 4.62. The van der Waals surface area contributed by atoms with E-state index in [1.165, 1.54) is 29.1 Å². The van der Waals surface area contributed by atoms with Crippen molar-refractivity contribution in [3.8, 4) is 0 Å². The summed E-state index contributed by atoms with van der Waals surface area (Å²) in [6.45, 7) is 2.46. The fourth-order valence-electron chi connectivity index (χ4n) is 2.57. The van der Waals surface area contributed by atoms with Gasteiger partial charge in [-0.25, -0.2) is 4.98 Å². The highest BCUT2D eigenvalue weighted by molar-refractivity contribution is 7.11. The van der Waals surface area contributed by atoms with Crippen molar-refractivity contribution in [3.05, 3.63) is 52.0 Å². The zero-order valence-corrected chi connectivity index (χ0v) is 14.1. The SMILES string of the molecule is O=C(NCCCNCc1cnc(C2CCC2)s1)c1ccccc1. The number of hydrogen-bond donors (Lipinski definition) is 2. The molecule has 1 heterocycles. The Morgan fingerprint density at radius 1 is 1.22 bits per heavy atom. The van der Waals surface area contributed by atoms with E-state index in [0.29, 0.717) is 12.1 Å². The molecule has 0 radical (unpaired) electrons. The van der Waals surface area contributed by atoms with Crippen molar-refractivity contribution in [1.29, 1.82) is 0 Å². The predicted octanol–water partition coefficient (Wildman–Crippen LogP) is 3.32. The number of carbonyl (C=O) groups excluding carboxylic acids is 1. The van der Waals surface area contributed by atoms with Gasteiger partial charge in [-0.15, -0.1) is 11.3 Å². The summed E-state index contributed by atoms with van der Waals surface area (Å²) >= 11 is 1.84. The van der Waals surface area contributed by atoms with Crippen LogP contribution >= 0.6 is 11.3 Å². The zero-order valence-electron chi connectivity index (χ0n) is 13.3. The summed E-state index contributed by atoms with van der Waals surface area (Å²) in [6, 6.07) is 9.33. The van der Waals surface area contributed by atoms with Crippen LogP contribution in [-0.2, 0) is 6.54 Å². The zero-order chi connectivity index (χ0) is 15.9. The van der Waals surface area contributed by atoms with Crippen LogP contribution in [0.3, 0.4) is 0 Å². The van der Waals surface area contributed by atoms with Crippen molar-refractivity contribution in [2.24, 2.45) is 0 Å². The van der Waals surface area contributed by atoms with Crippen LogP contribution in [0.1, 0.15) is 51.8 Å². The molecule has 0 aliphatic heterocycles. The first-order chi connectivity index (χ1) is 11.3. The topological polar surface area (TPSA) is 54.0 Å². The van der Waals surface area contributed by atoms with Crippen LogP contribution in [0.5, 0.6) is 0 Å². The normalized spacial score (nSPS) is 14.4. The standard InChI is InChI=1S/C18H23N3OS/c22-17(14-6-2-1-3-7-14)20-11-5-10-19-12-16-13-21-18(23-16)15-8-4-9-15/h1-3,6-7,13,15,19H,4-5,8-12H2,(H,20,22).